The predicted octanol–water partition coefficient (Wildman–Crippen LogP) is 2.27. The number of pyridine rings is 1. The highest BCUT2D eigenvalue weighted by molar-refractivity contribution is 6.06. The van der Waals surface area contributed by atoms with Gasteiger partial charge in [-0.15, -0.1) is 10.2 Å². The second-order valence-electron chi connectivity index (χ2n) is 6.89. The molecule has 2 aliphatic carbocycles. The molecule has 0 spiro atoms. The topological polar surface area (TPSA) is 98.7 Å². The van der Waals surface area contributed by atoms with E-state index in [2.05, 4.69) is 25.7 Å². The van der Waals surface area contributed by atoms with Gasteiger partial charge in [-0.1, -0.05) is 5.16 Å². The van der Waals surface area contributed by atoms with Crippen molar-refractivity contribution in [3.05, 3.63) is 35.2 Å². The summed E-state index contributed by atoms with van der Waals surface area (Å²) in [4.78, 5) is 17.4. The van der Waals surface area contributed by atoms with Crippen molar-refractivity contribution in [2.24, 2.45) is 0 Å². The Labute approximate surface area is 143 Å². The lowest BCUT2D eigenvalue weighted by molar-refractivity contribution is 0.0951. The molecule has 2 aliphatic rings. The van der Waals surface area contributed by atoms with E-state index in [4.69, 9.17) is 4.52 Å². The van der Waals surface area contributed by atoms with E-state index in [-0.39, 0.29) is 5.91 Å². The van der Waals surface area contributed by atoms with Crippen molar-refractivity contribution >= 4 is 17.0 Å². The van der Waals surface area contributed by atoms with Gasteiger partial charge in [-0.25, -0.2) is 4.98 Å². The maximum atomic E-state index is 12.8. The first kappa shape index (κ1) is 14.6. The van der Waals surface area contributed by atoms with E-state index in [1.807, 2.05) is 17.6 Å². The molecule has 0 aliphatic heterocycles. The molecule has 1 amide bonds. The van der Waals surface area contributed by atoms with Crippen molar-refractivity contribution in [1.29, 1.82) is 0 Å². The van der Waals surface area contributed by atoms with Gasteiger partial charge in [-0.3, -0.25) is 4.79 Å². The molecule has 1 N–H and O–H groups in total. The summed E-state index contributed by atoms with van der Waals surface area (Å²) in [5.74, 6) is 1.05. The first-order chi connectivity index (χ1) is 12.2. The Balaban J connectivity index is 1.44. The van der Waals surface area contributed by atoms with Gasteiger partial charge in [0.05, 0.1) is 23.2 Å². The minimum atomic E-state index is -0.161. The smallest absolute Gasteiger partial charge is 0.259 e. The number of nitrogens with zero attached hydrogens (tertiary/aromatic N) is 5. The van der Waals surface area contributed by atoms with Crippen LogP contribution in [0.3, 0.4) is 0 Å². The van der Waals surface area contributed by atoms with Gasteiger partial charge in [0.2, 0.25) is 0 Å². The average Bonchev–Trinajstić information content (AvgIpc) is 3.55. The molecule has 3 heterocycles. The lowest BCUT2D eigenvalue weighted by Crippen LogP contribution is -2.25. The summed E-state index contributed by atoms with van der Waals surface area (Å²) in [5.41, 5.74) is 2.60. The summed E-state index contributed by atoms with van der Waals surface area (Å²) in [6.45, 7) is 2.17. The third-order valence-corrected chi connectivity index (χ3v) is 4.87. The average molecular weight is 338 g/mol. The molecule has 3 aromatic rings. The molecule has 0 saturated heterocycles. The Bertz CT molecular complexity index is 967. The summed E-state index contributed by atoms with van der Waals surface area (Å²) < 4.78 is 7.34. The van der Waals surface area contributed by atoms with Crippen LogP contribution in [0.15, 0.2) is 16.9 Å². The molecule has 5 rings (SSSR count). The van der Waals surface area contributed by atoms with E-state index < -0.39 is 0 Å². The number of nitrogens with one attached hydrogen (secondary N) is 1. The van der Waals surface area contributed by atoms with Crippen LogP contribution < -0.4 is 5.32 Å². The van der Waals surface area contributed by atoms with Crippen LogP contribution in [-0.4, -0.2) is 30.8 Å². The zero-order valence-corrected chi connectivity index (χ0v) is 13.9. The van der Waals surface area contributed by atoms with Crippen LogP contribution >= 0.6 is 0 Å². The normalized spacial score (nSPS) is 17.2. The maximum Gasteiger partial charge on any atom is 0.259 e. The number of carbonyl (C=O) groups excluding carboxylic acids is 1. The van der Waals surface area contributed by atoms with Crippen LogP contribution in [0.1, 0.15) is 65.2 Å². The van der Waals surface area contributed by atoms with E-state index in [9.17, 15) is 4.79 Å². The minimum Gasteiger partial charge on any atom is -0.345 e. The number of hydrogen-bond donors (Lipinski definition) is 1. The fourth-order valence-electron chi connectivity index (χ4n) is 3.19. The van der Waals surface area contributed by atoms with Crippen molar-refractivity contribution in [2.75, 3.05) is 0 Å². The van der Waals surface area contributed by atoms with Gasteiger partial charge in [0.15, 0.2) is 5.82 Å². The van der Waals surface area contributed by atoms with Crippen molar-refractivity contribution < 1.29 is 9.32 Å². The van der Waals surface area contributed by atoms with Gasteiger partial charge < -0.3 is 14.4 Å². The summed E-state index contributed by atoms with van der Waals surface area (Å²) in [5, 5.41) is 15.7. The standard InChI is InChI=1S/C17H18N6O2/c1-9-15-12(6-13(10-2-3-10)20-17(15)25-22-9)16(24)18-7-14-21-19-8-23(14)11-4-5-11/h6,8,10-11H,2-5,7H2,1H3,(H,18,24). The Morgan fingerprint density at radius 2 is 2.20 bits per heavy atom. The number of carbonyl (C=O) groups is 1. The van der Waals surface area contributed by atoms with E-state index in [0.717, 1.165) is 37.2 Å². The highest BCUT2D eigenvalue weighted by Crippen LogP contribution is 2.40. The monoisotopic (exact) mass is 338 g/mol. The molecular formula is C17H18N6O2. The van der Waals surface area contributed by atoms with Crippen molar-refractivity contribution in [3.8, 4) is 0 Å². The fraction of sp³-hybridized carbons (Fsp3) is 0.471. The molecule has 0 aromatic carbocycles. The van der Waals surface area contributed by atoms with Crippen LogP contribution in [-0.2, 0) is 6.54 Å². The van der Waals surface area contributed by atoms with Gasteiger partial charge in [-0.05, 0) is 38.7 Å². The zero-order chi connectivity index (χ0) is 17.0. The summed E-state index contributed by atoms with van der Waals surface area (Å²) in [6, 6.07) is 2.36. The molecule has 0 bridgehead atoms. The SMILES string of the molecule is Cc1noc2nc(C3CC3)cc(C(=O)NCc3nncn3C3CC3)c12. The van der Waals surface area contributed by atoms with Gasteiger partial charge in [0, 0.05) is 17.7 Å². The van der Waals surface area contributed by atoms with Crippen molar-refractivity contribution in [3.63, 3.8) is 0 Å². The number of fused-ring (bicyclic) bond motifs is 1. The molecule has 8 heteroatoms. The third kappa shape index (κ3) is 2.57. The van der Waals surface area contributed by atoms with Crippen LogP contribution in [0.25, 0.3) is 11.1 Å². The number of hydrogen-bond acceptors (Lipinski definition) is 6. The van der Waals surface area contributed by atoms with Gasteiger partial charge in [0.1, 0.15) is 6.33 Å². The Kier molecular flexibility index (Phi) is 3.13. The number of rotatable bonds is 5. The second-order valence-corrected chi connectivity index (χ2v) is 6.89. The van der Waals surface area contributed by atoms with Gasteiger partial charge in [0.25, 0.3) is 11.6 Å². The summed E-state index contributed by atoms with van der Waals surface area (Å²) in [7, 11) is 0. The van der Waals surface area contributed by atoms with E-state index in [1.165, 1.54) is 0 Å². The van der Waals surface area contributed by atoms with Crippen molar-refractivity contribution in [2.45, 2.75) is 51.1 Å². The molecular weight excluding hydrogens is 320 g/mol. The Hall–Kier alpha value is -2.77. The quantitative estimate of drug-likeness (QED) is 0.766. The zero-order valence-electron chi connectivity index (χ0n) is 13.9. The third-order valence-electron chi connectivity index (χ3n) is 4.87. The number of aryl methyl sites for hydroxylation is 1. The van der Waals surface area contributed by atoms with Crippen LogP contribution in [0.5, 0.6) is 0 Å². The van der Waals surface area contributed by atoms with Crippen LogP contribution in [0.2, 0.25) is 0 Å². The lowest BCUT2D eigenvalue weighted by Gasteiger charge is -2.08. The molecule has 0 radical (unpaired) electrons. The first-order valence-electron chi connectivity index (χ1n) is 8.64. The highest BCUT2D eigenvalue weighted by Gasteiger charge is 2.29. The largest absolute Gasteiger partial charge is 0.345 e. The second kappa shape index (κ2) is 5.37. The minimum absolute atomic E-state index is 0.161. The Morgan fingerprint density at radius 1 is 1.36 bits per heavy atom. The van der Waals surface area contributed by atoms with Gasteiger partial charge in [-0.2, -0.15) is 0 Å². The summed E-state index contributed by atoms with van der Waals surface area (Å²) >= 11 is 0. The fourth-order valence-corrected chi connectivity index (χ4v) is 3.19. The van der Waals surface area contributed by atoms with Crippen LogP contribution in [0.4, 0.5) is 0 Å². The maximum absolute atomic E-state index is 12.8. The molecule has 2 saturated carbocycles. The van der Waals surface area contributed by atoms with E-state index in [1.54, 1.807) is 6.33 Å². The van der Waals surface area contributed by atoms with Gasteiger partial charge >= 0.3 is 0 Å². The molecule has 2 fully saturated rings. The molecule has 0 atom stereocenters. The van der Waals surface area contributed by atoms with E-state index >= 15 is 0 Å². The highest BCUT2D eigenvalue weighted by atomic mass is 16.5. The lowest BCUT2D eigenvalue weighted by atomic mass is 10.1. The molecule has 3 aromatic heterocycles. The predicted molar refractivity (Wildman–Crippen MR) is 88.0 cm³/mol. The first-order valence-corrected chi connectivity index (χ1v) is 8.64. The van der Waals surface area contributed by atoms with E-state index in [0.29, 0.717) is 40.9 Å². The summed E-state index contributed by atoms with van der Waals surface area (Å²) in [6.07, 6.45) is 6.25. The number of amides is 1. The van der Waals surface area contributed by atoms with Crippen LogP contribution in [0, 0.1) is 6.92 Å². The molecule has 8 nitrogen and oxygen atoms in total. The molecule has 128 valence electrons. The molecule has 25 heavy (non-hydrogen) atoms. The Morgan fingerprint density at radius 3 is 2.96 bits per heavy atom. The molecule has 0 unspecified atom stereocenters. The van der Waals surface area contributed by atoms with Crippen molar-refractivity contribution in [1.82, 2.24) is 30.2 Å². The number of aromatic nitrogens is 5.